The van der Waals surface area contributed by atoms with Crippen molar-refractivity contribution < 1.29 is 23.9 Å². The summed E-state index contributed by atoms with van der Waals surface area (Å²) in [6.45, 7) is 2.35. The SMILES string of the molecule is CCOc1ccc(C(=O)CCC(=O)N(C)CC(=O)Nc2ccc(OC)cc2)cc1. The third-order valence-corrected chi connectivity index (χ3v) is 4.23. The zero-order valence-electron chi connectivity index (χ0n) is 16.9. The van der Waals surface area contributed by atoms with E-state index in [1.54, 1.807) is 55.6 Å². The Morgan fingerprint density at radius 1 is 0.931 bits per heavy atom. The van der Waals surface area contributed by atoms with Gasteiger partial charge in [-0.15, -0.1) is 0 Å². The van der Waals surface area contributed by atoms with Crippen molar-refractivity contribution in [3.05, 3.63) is 54.1 Å². The fourth-order valence-electron chi connectivity index (χ4n) is 2.64. The van der Waals surface area contributed by atoms with Gasteiger partial charge in [-0.05, 0) is 55.5 Å². The molecule has 0 saturated heterocycles. The second-order valence-corrected chi connectivity index (χ2v) is 6.41. The molecule has 0 bridgehead atoms. The lowest BCUT2D eigenvalue weighted by atomic mass is 10.1. The van der Waals surface area contributed by atoms with Crippen LogP contribution in [-0.2, 0) is 9.59 Å². The largest absolute Gasteiger partial charge is 0.497 e. The van der Waals surface area contributed by atoms with Crippen LogP contribution in [0.5, 0.6) is 11.5 Å². The smallest absolute Gasteiger partial charge is 0.243 e. The number of nitrogens with one attached hydrogen (secondary N) is 1. The summed E-state index contributed by atoms with van der Waals surface area (Å²) >= 11 is 0. The maximum Gasteiger partial charge on any atom is 0.243 e. The highest BCUT2D eigenvalue weighted by molar-refractivity contribution is 5.99. The number of Topliss-reactive ketones (excluding diaryl/α,β-unsaturated/α-hetero) is 1. The van der Waals surface area contributed by atoms with Crippen molar-refractivity contribution in [3.8, 4) is 11.5 Å². The molecule has 0 spiro atoms. The number of likely N-dealkylation sites (N-methyl/N-ethyl adjacent to an activating group) is 1. The molecule has 2 aromatic carbocycles. The van der Waals surface area contributed by atoms with Crippen LogP contribution in [0.2, 0.25) is 0 Å². The standard InChI is InChI=1S/C22H26N2O5/c1-4-29-19-9-5-16(6-10-19)20(25)13-14-22(27)24(2)15-21(26)23-17-7-11-18(28-3)12-8-17/h5-12H,4,13-15H2,1-3H3,(H,23,26). The molecule has 2 aromatic rings. The van der Waals surface area contributed by atoms with Crippen LogP contribution in [0.25, 0.3) is 0 Å². The predicted octanol–water partition coefficient (Wildman–Crippen LogP) is 3.15. The molecule has 0 aromatic heterocycles. The van der Waals surface area contributed by atoms with Crippen molar-refractivity contribution in [2.75, 3.05) is 32.6 Å². The van der Waals surface area contributed by atoms with E-state index in [4.69, 9.17) is 9.47 Å². The molecule has 0 unspecified atom stereocenters. The van der Waals surface area contributed by atoms with Crippen molar-refractivity contribution in [2.45, 2.75) is 19.8 Å². The molecule has 0 aliphatic heterocycles. The second-order valence-electron chi connectivity index (χ2n) is 6.41. The first-order valence-electron chi connectivity index (χ1n) is 9.37. The van der Waals surface area contributed by atoms with Gasteiger partial charge in [0.15, 0.2) is 5.78 Å². The number of ether oxygens (including phenoxy) is 2. The van der Waals surface area contributed by atoms with Crippen LogP contribution < -0.4 is 14.8 Å². The minimum Gasteiger partial charge on any atom is -0.497 e. The number of hydrogen-bond acceptors (Lipinski definition) is 5. The fourth-order valence-corrected chi connectivity index (χ4v) is 2.64. The molecule has 1 N–H and O–H groups in total. The Morgan fingerprint density at radius 2 is 1.55 bits per heavy atom. The zero-order valence-corrected chi connectivity index (χ0v) is 16.9. The van der Waals surface area contributed by atoms with Gasteiger partial charge in [-0.1, -0.05) is 0 Å². The number of ketones is 1. The van der Waals surface area contributed by atoms with E-state index in [1.165, 1.54) is 11.9 Å². The number of carbonyl (C=O) groups is 3. The summed E-state index contributed by atoms with van der Waals surface area (Å²) in [5, 5.41) is 2.72. The minimum atomic E-state index is -0.316. The fraction of sp³-hybridized carbons (Fsp3) is 0.318. The lowest BCUT2D eigenvalue weighted by Crippen LogP contribution is -2.35. The Balaban J connectivity index is 1.78. The van der Waals surface area contributed by atoms with Crippen LogP contribution in [0.3, 0.4) is 0 Å². The Labute approximate surface area is 170 Å². The number of amides is 2. The molecule has 0 fully saturated rings. The maximum absolute atomic E-state index is 12.3. The summed E-state index contributed by atoms with van der Waals surface area (Å²) in [5.41, 5.74) is 1.14. The van der Waals surface area contributed by atoms with E-state index in [1.807, 2.05) is 6.92 Å². The molecule has 0 radical (unpaired) electrons. The van der Waals surface area contributed by atoms with Gasteiger partial charge in [-0.2, -0.15) is 0 Å². The molecular weight excluding hydrogens is 372 g/mol. The maximum atomic E-state index is 12.3. The molecule has 0 atom stereocenters. The highest BCUT2D eigenvalue weighted by atomic mass is 16.5. The number of carbonyl (C=O) groups excluding carboxylic acids is 3. The summed E-state index contributed by atoms with van der Waals surface area (Å²) in [4.78, 5) is 37.9. The number of hydrogen-bond donors (Lipinski definition) is 1. The minimum absolute atomic E-state index is 0.0400. The van der Waals surface area contributed by atoms with Gasteiger partial charge in [0.2, 0.25) is 11.8 Å². The van der Waals surface area contributed by atoms with Crippen LogP contribution in [0.4, 0.5) is 5.69 Å². The number of methoxy groups -OCH3 is 1. The van der Waals surface area contributed by atoms with E-state index in [-0.39, 0.29) is 37.0 Å². The monoisotopic (exact) mass is 398 g/mol. The van der Waals surface area contributed by atoms with E-state index < -0.39 is 0 Å². The van der Waals surface area contributed by atoms with Gasteiger partial charge >= 0.3 is 0 Å². The number of benzene rings is 2. The average molecular weight is 398 g/mol. The summed E-state index contributed by atoms with van der Waals surface area (Å²) in [5.74, 6) is 0.672. The van der Waals surface area contributed by atoms with Gasteiger partial charge in [0.1, 0.15) is 11.5 Å². The quantitative estimate of drug-likeness (QED) is 0.622. The summed E-state index contributed by atoms with van der Waals surface area (Å²) in [7, 11) is 3.10. The lowest BCUT2D eigenvalue weighted by molar-refractivity contribution is -0.133. The van der Waals surface area contributed by atoms with E-state index >= 15 is 0 Å². The molecule has 0 heterocycles. The first kappa shape index (κ1) is 21.9. The third-order valence-electron chi connectivity index (χ3n) is 4.23. The van der Waals surface area contributed by atoms with Gasteiger partial charge in [0.25, 0.3) is 0 Å². The molecule has 0 saturated carbocycles. The summed E-state index contributed by atoms with van der Waals surface area (Å²) in [6.07, 6.45) is 0.121. The summed E-state index contributed by atoms with van der Waals surface area (Å²) < 4.78 is 10.4. The van der Waals surface area contributed by atoms with Crippen molar-refractivity contribution in [1.29, 1.82) is 0 Å². The topological polar surface area (TPSA) is 84.9 Å². The van der Waals surface area contributed by atoms with Crippen molar-refractivity contribution in [2.24, 2.45) is 0 Å². The highest BCUT2D eigenvalue weighted by Crippen LogP contribution is 2.16. The predicted molar refractivity (Wildman–Crippen MR) is 110 cm³/mol. The Kier molecular flexibility index (Phi) is 8.21. The Bertz CT molecular complexity index is 831. The van der Waals surface area contributed by atoms with Crippen molar-refractivity contribution in [3.63, 3.8) is 0 Å². The third kappa shape index (κ3) is 6.95. The van der Waals surface area contributed by atoms with Crippen LogP contribution in [0.1, 0.15) is 30.1 Å². The molecule has 7 nitrogen and oxygen atoms in total. The van der Waals surface area contributed by atoms with Crippen molar-refractivity contribution in [1.82, 2.24) is 4.90 Å². The van der Waals surface area contributed by atoms with Crippen LogP contribution in [0, 0.1) is 0 Å². The average Bonchev–Trinajstić information content (AvgIpc) is 2.73. The van der Waals surface area contributed by atoms with Crippen LogP contribution >= 0.6 is 0 Å². The second kappa shape index (κ2) is 10.8. The first-order chi connectivity index (χ1) is 13.9. The van der Waals surface area contributed by atoms with Gasteiger partial charge in [-0.3, -0.25) is 14.4 Å². The highest BCUT2D eigenvalue weighted by Gasteiger charge is 2.15. The zero-order chi connectivity index (χ0) is 21.2. The van der Waals surface area contributed by atoms with E-state index in [9.17, 15) is 14.4 Å². The number of nitrogens with zero attached hydrogens (tertiary/aromatic N) is 1. The van der Waals surface area contributed by atoms with Gasteiger partial charge in [-0.25, -0.2) is 0 Å². The molecule has 29 heavy (non-hydrogen) atoms. The summed E-state index contributed by atoms with van der Waals surface area (Å²) in [6, 6.07) is 13.7. The lowest BCUT2D eigenvalue weighted by Gasteiger charge is -2.16. The molecular formula is C22H26N2O5. The molecule has 0 aliphatic carbocycles. The normalized spacial score (nSPS) is 10.2. The van der Waals surface area contributed by atoms with Gasteiger partial charge < -0.3 is 19.7 Å². The molecule has 2 amide bonds. The number of anilines is 1. The molecule has 2 rings (SSSR count). The Morgan fingerprint density at radius 3 is 2.14 bits per heavy atom. The van der Waals surface area contributed by atoms with E-state index in [0.29, 0.717) is 29.4 Å². The molecule has 0 aliphatic rings. The van der Waals surface area contributed by atoms with Crippen LogP contribution in [-0.4, -0.2) is 49.8 Å². The molecule has 154 valence electrons. The van der Waals surface area contributed by atoms with Gasteiger partial charge in [0.05, 0.1) is 20.3 Å². The van der Waals surface area contributed by atoms with E-state index in [2.05, 4.69) is 5.32 Å². The number of rotatable bonds is 10. The Hall–Kier alpha value is -3.35. The molecule has 7 heteroatoms. The van der Waals surface area contributed by atoms with Crippen molar-refractivity contribution >= 4 is 23.3 Å². The van der Waals surface area contributed by atoms with Crippen LogP contribution in [0.15, 0.2) is 48.5 Å². The van der Waals surface area contributed by atoms with Gasteiger partial charge in [0, 0.05) is 31.1 Å². The first-order valence-corrected chi connectivity index (χ1v) is 9.37. The van der Waals surface area contributed by atoms with E-state index in [0.717, 1.165) is 0 Å².